The number of anilines is 1. The Labute approximate surface area is 128 Å². The van der Waals surface area contributed by atoms with Crippen molar-refractivity contribution in [3.8, 4) is 0 Å². The van der Waals surface area contributed by atoms with Crippen molar-refractivity contribution in [1.29, 1.82) is 0 Å². The molecule has 0 atom stereocenters. The van der Waals surface area contributed by atoms with Crippen molar-refractivity contribution in [2.75, 3.05) is 25.2 Å². The smallest absolute Gasteiger partial charge is 0.225 e. The standard InChI is InChI=1S/C15H17ClFN3O/c1-11-8-18-15(19-9-11)20(5-6-21-2)10-12-3-4-13(17)7-14(12)16/h3-4,7-9H,5-6,10H2,1-2H3. The van der Waals surface area contributed by atoms with Crippen LogP contribution in [0.4, 0.5) is 10.3 Å². The molecule has 0 saturated carbocycles. The molecule has 4 nitrogen and oxygen atoms in total. The second-order valence-electron chi connectivity index (χ2n) is 4.71. The normalized spacial score (nSPS) is 10.7. The number of halogens is 2. The van der Waals surface area contributed by atoms with Crippen molar-refractivity contribution >= 4 is 17.5 Å². The zero-order valence-corrected chi connectivity index (χ0v) is 12.8. The third kappa shape index (κ3) is 4.37. The molecule has 0 unspecified atom stereocenters. The van der Waals surface area contributed by atoms with Gasteiger partial charge in [-0.2, -0.15) is 0 Å². The second kappa shape index (κ2) is 7.33. The lowest BCUT2D eigenvalue weighted by molar-refractivity contribution is 0.204. The quantitative estimate of drug-likeness (QED) is 0.821. The van der Waals surface area contributed by atoms with Gasteiger partial charge in [-0.25, -0.2) is 14.4 Å². The molecule has 0 bridgehead atoms. The van der Waals surface area contributed by atoms with E-state index in [0.29, 0.717) is 30.7 Å². The maximum absolute atomic E-state index is 13.1. The number of ether oxygens (including phenoxy) is 1. The average Bonchev–Trinajstić information content (AvgIpc) is 2.46. The summed E-state index contributed by atoms with van der Waals surface area (Å²) in [7, 11) is 1.64. The fourth-order valence-electron chi connectivity index (χ4n) is 1.86. The van der Waals surface area contributed by atoms with E-state index in [1.807, 2.05) is 11.8 Å². The molecule has 1 heterocycles. The molecule has 0 N–H and O–H groups in total. The molecule has 21 heavy (non-hydrogen) atoms. The maximum Gasteiger partial charge on any atom is 0.225 e. The molecule has 0 fully saturated rings. The van der Waals surface area contributed by atoms with Crippen molar-refractivity contribution in [3.05, 3.63) is 52.6 Å². The zero-order chi connectivity index (χ0) is 15.2. The Morgan fingerprint density at radius 3 is 2.62 bits per heavy atom. The molecular weight excluding hydrogens is 293 g/mol. The molecule has 112 valence electrons. The lowest BCUT2D eigenvalue weighted by Crippen LogP contribution is -2.28. The first-order valence-electron chi connectivity index (χ1n) is 6.56. The van der Waals surface area contributed by atoms with Crippen LogP contribution in [0.15, 0.2) is 30.6 Å². The Kier molecular flexibility index (Phi) is 5.47. The number of methoxy groups -OCH3 is 1. The van der Waals surface area contributed by atoms with E-state index >= 15 is 0 Å². The molecular formula is C15H17ClFN3O. The van der Waals surface area contributed by atoms with Crippen molar-refractivity contribution in [2.45, 2.75) is 13.5 Å². The van der Waals surface area contributed by atoms with Gasteiger partial charge in [-0.15, -0.1) is 0 Å². The maximum atomic E-state index is 13.1. The van der Waals surface area contributed by atoms with Crippen LogP contribution >= 0.6 is 11.6 Å². The van der Waals surface area contributed by atoms with Gasteiger partial charge >= 0.3 is 0 Å². The van der Waals surface area contributed by atoms with Crippen LogP contribution in [-0.4, -0.2) is 30.2 Å². The monoisotopic (exact) mass is 309 g/mol. The van der Waals surface area contributed by atoms with Crippen molar-refractivity contribution < 1.29 is 9.13 Å². The fraction of sp³-hybridized carbons (Fsp3) is 0.333. The SMILES string of the molecule is COCCN(Cc1ccc(F)cc1Cl)c1ncc(C)cn1. The number of hydrogen-bond donors (Lipinski definition) is 0. The molecule has 6 heteroatoms. The van der Waals surface area contributed by atoms with Crippen LogP contribution in [0.3, 0.4) is 0 Å². The summed E-state index contributed by atoms with van der Waals surface area (Å²) in [5.74, 6) is 0.247. The van der Waals surface area contributed by atoms with Crippen LogP contribution in [0.5, 0.6) is 0 Å². The van der Waals surface area contributed by atoms with Gasteiger partial charge in [0.2, 0.25) is 5.95 Å². The molecule has 0 spiro atoms. The van der Waals surface area contributed by atoms with E-state index in [4.69, 9.17) is 16.3 Å². The van der Waals surface area contributed by atoms with Crippen LogP contribution in [-0.2, 0) is 11.3 Å². The van der Waals surface area contributed by atoms with Gasteiger partial charge < -0.3 is 9.64 Å². The lowest BCUT2D eigenvalue weighted by Gasteiger charge is -2.22. The first-order chi connectivity index (χ1) is 10.1. The van der Waals surface area contributed by atoms with E-state index in [1.54, 1.807) is 25.6 Å². The Morgan fingerprint density at radius 1 is 1.29 bits per heavy atom. The molecule has 2 rings (SSSR count). The molecule has 0 saturated heterocycles. The molecule has 1 aromatic carbocycles. The van der Waals surface area contributed by atoms with E-state index in [1.165, 1.54) is 12.1 Å². The van der Waals surface area contributed by atoms with Crippen LogP contribution in [0.25, 0.3) is 0 Å². The summed E-state index contributed by atoms with van der Waals surface area (Å²) in [5, 5.41) is 0.393. The summed E-state index contributed by atoms with van der Waals surface area (Å²) in [6.45, 7) is 3.58. The van der Waals surface area contributed by atoms with Crippen LogP contribution < -0.4 is 4.90 Å². The predicted molar refractivity (Wildman–Crippen MR) is 81.1 cm³/mol. The topological polar surface area (TPSA) is 38.2 Å². The van der Waals surface area contributed by atoms with E-state index in [2.05, 4.69) is 9.97 Å². The number of rotatable bonds is 6. The number of hydrogen-bond acceptors (Lipinski definition) is 4. The van der Waals surface area contributed by atoms with Crippen molar-refractivity contribution in [3.63, 3.8) is 0 Å². The van der Waals surface area contributed by atoms with Gasteiger partial charge in [-0.1, -0.05) is 17.7 Å². The number of benzene rings is 1. The molecule has 0 aliphatic rings. The second-order valence-corrected chi connectivity index (χ2v) is 5.12. The summed E-state index contributed by atoms with van der Waals surface area (Å²) < 4.78 is 18.2. The third-order valence-corrected chi connectivity index (χ3v) is 3.34. The first-order valence-corrected chi connectivity index (χ1v) is 6.94. The predicted octanol–water partition coefficient (Wildman–Crippen LogP) is 3.23. The minimum Gasteiger partial charge on any atom is -0.383 e. The van der Waals surface area contributed by atoms with Gasteiger partial charge in [0.05, 0.1) is 6.61 Å². The number of nitrogens with zero attached hydrogens (tertiary/aromatic N) is 3. The summed E-state index contributed by atoms with van der Waals surface area (Å²) in [5.41, 5.74) is 1.81. The molecule has 1 aromatic heterocycles. The highest BCUT2D eigenvalue weighted by atomic mass is 35.5. The van der Waals surface area contributed by atoms with Gasteiger partial charge in [0, 0.05) is 37.6 Å². The fourth-order valence-corrected chi connectivity index (χ4v) is 2.08. The lowest BCUT2D eigenvalue weighted by atomic mass is 10.2. The largest absolute Gasteiger partial charge is 0.383 e. The van der Waals surface area contributed by atoms with Gasteiger partial charge in [-0.05, 0) is 30.2 Å². The summed E-state index contributed by atoms with van der Waals surface area (Å²) in [6, 6.07) is 4.37. The highest BCUT2D eigenvalue weighted by Gasteiger charge is 2.12. The van der Waals surface area contributed by atoms with Gasteiger partial charge in [0.15, 0.2) is 0 Å². The molecule has 2 aromatic rings. The molecule has 0 aliphatic carbocycles. The Bertz CT molecular complexity index is 592. The Morgan fingerprint density at radius 2 is 2.00 bits per heavy atom. The van der Waals surface area contributed by atoms with Crippen LogP contribution in [0.1, 0.15) is 11.1 Å². The van der Waals surface area contributed by atoms with Crippen molar-refractivity contribution in [1.82, 2.24) is 9.97 Å². The van der Waals surface area contributed by atoms with E-state index in [9.17, 15) is 4.39 Å². The summed E-state index contributed by atoms with van der Waals surface area (Å²) in [6.07, 6.45) is 3.52. The van der Waals surface area contributed by atoms with Crippen LogP contribution in [0.2, 0.25) is 5.02 Å². The van der Waals surface area contributed by atoms with Crippen molar-refractivity contribution in [2.24, 2.45) is 0 Å². The zero-order valence-electron chi connectivity index (χ0n) is 12.0. The number of aryl methyl sites for hydroxylation is 1. The molecule has 0 amide bonds. The van der Waals surface area contributed by atoms with Gasteiger partial charge in [0.25, 0.3) is 0 Å². The summed E-state index contributed by atoms with van der Waals surface area (Å²) >= 11 is 6.08. The van der Waals surface area contributed by atoms with Gasteiger partial charge in [-0.3, -0.25) is 0 Å². The third-order valence-electron chi connectivity index (χ3n) is 2.99. The first kappa shape index (κ1) is 15.7. The Balaban J connectivity index is 2.21. The molecule has 0 radical (unpaired) electrons. The summed E-state index contributed by atoms with van der Waals surface area (Å²) in [4.78, 5) is 10.6. The number of aromatic nitrogens is 2. The highest BCUT2D eigenvalue weighted by molar-refractivity contribution is 6.31. The molecule has 0 aliphatic heterocycles. The average molecular weight is 310 g/mol. The van der Waals surface area contributed by atoms with Gasteiger partial charge in [0.1, 0.15) is 5.82 Å². The van der Waals surface area contributed by atoms with E-state index in [-0.39, 0.29) is 5.82 Å². The Hall–Kier alpha value is -1.72. The minimum atomic E-state index is -0.348. The minimum absolute atomic E-state index is 0.348. The van der Waals surface area contributed by atoms with E-state index < -0.39 is 0 Å². The van der Waals surface area contributed by atoms with Crippen LogP contribution in [0, 0.1) is 12.7 Å². The highest BCUT2D eigenvalue weighted by Crippen LogP contribution is 2.20. The van der Waals surface area contributed by atoms with E-state index in [0.717, 1.165) is 11.1 Å².